The molecule has 0 bridgehead atoms. The average molecular weight is 432 g/mol. The molecule has 0 spiro atoms. The number of aromatic nitrogens is 2. The summed E-state index contributed by atoms with van der Waals surface area (Å²) in [5, 5.41) is 0. The number of carbonyl (C=O) groups is 1. The molecule has 1 aromatic heterocycles. The molecule has 0 saturated carbocycles. The normalized spacial score (nSPS) is 17.3. The highest BCUT2D eigenvalue weighted by atomic mass is 16.5. The van der Waals surface area contributed by atoms with Gasteiger partial charge >= 0.3 is 11.7 Å². The third kappa shape index (κ3) is 4.42. The zero-order valence-electron chi connectivity index (χ0n) is 17.9. The number of benzene rings is 2. The molecule has 7 heteroatoms. The number of nitrogens with zero attached hydrogens (tertiary/aromatic N) is 2. The van der Waals surface area contributed by atoms with Gasteiger partial charge in [-0.2, -0.15) is 0 Å². The minimum absolute atomic E-state index is 0.158. The molecule has 32 heavy (non-hydrogen) atoms. The minimum atomic E-state index is -0.444. The topological polar surface area (TPSA) is 79.5 Å². The Morgan fingerprint density at radius 3 is 2.44 bits per heavy atom. The first-order valence-electron chi connectivity index (χ1n) is 10.4. The van der Waals surface area contributed by atoms with Crippen molar-refractivity contribution in [2.45, 2.75) is 32.0 Å². The van der Waals surface area contributed by atoms with Gasteiger partial charge in [-0.15, -0.1) is 0 Å². The van der Waals surface area contributed by atoms with Crippen molar-refractivity contribution in [3.05, 3.63) is 110 Å². The second-order valence-corrected chi connectivity index (χ2v) is 7.71. The lowest BCUT2D eigenvalue weighted by Crippen LogP contribution is -2.42. The fourth-order valence-electron chi connectivity index (χ4n) is 3.87. The Bertz CT molecular complexity index is 1260. The Labute approximate surface area is 185 Å². The van der Waals surface area contributed by atoms with E-state index in [-0.39, 0.29) is 18.1 Å². The molecule has 0 amide bonds. The summed E-state index contributed by atoms with van der Waals surface area (Å²) in [6, 6.07) is 17.2. The fourth-order valence-corrected chi connectivity index (χ4v) is 3.87. The van der Waals surface area contributed by atoms with Crippen LogP contribution < -0.4 is 16.0 Å². The number of carbonyl (C=O) groups excluding carboxylic acids is 1. The molecule has 7 nitrogen and oxygen atoms in total. The van der Waals surface area contributed by atoms with Crippen molar-refractivity contribution in [1.29, 1.82) is 0 Å². The standard InChI is InChI=1S/C25H24N2O5/c1-17-14-23(28)26(16-18-8-11-21(31-2)12-9-18)25(30)27(17)20-10-13-22(15-20)32-24(29)19-6-4-3-5-7-19/h3-14,20,22H,15-16H2,1-2H3/t20-,22+/m0/s1. The highest BCUT2D eigenvalue weighted by molar-refractivity contribution is 5.89. The maximum Gasteiger partial charge on any atom is 0.338 e. The summed E-state index contributed by atoms with van der Waals surface area (Å²) in [6.45, 7) is 1.89. The Kier molecular flexibility index (Phi) is 6.07. The first-order chi connectivity index (χ1) is 15.5. The summed E-state index contributed by atoms with van der Waals surface area (Å²) in [4.78, 5) is 38.1. The molecule has 1 aliphatic rings. The number of hydrogen-bond acceptors (Lipinski definition) is 5. The minimum Gasteiger partial charge on any atom is -0.497 e. The molecule has 0 fully saturated rings. The van der Waals surface area contributed by atoms with Crippen LogP contribution >= 0.6 is 0 Å². The highest BCUT2D eigenvalue weighted by Gasteiger charge is 2.26. The first kappa shape index (κ1) is 21.4. The van der Waals surface area contributed by atoms with E-state index in [2.05, 4.69) is 0 Å². The summed E-state index contributed by atoms with van der Waals surface area (Å²) in [7, 11) is 1.58. The maximum atomic E-state index is 13.2. The van der Waals surface area contributed by atoms with Gasteiger partial charge < -0.3 is 9.47 Å². The number of aryl methyl sites for hydroxylation is 1. The first-order valence-corrected chi connectivity index (χ1v) is 10.4. The van der Waals surface area contributed by atoms with Crippen LogP contribution in [-0.4, -0.2) is 28.3 Å². The number of hydrogen-bond donors (Lipinski definition) is 0. The van der Waals surface area contributed by atoms with Gasteiger partial charge in [-0.25, -0.2) is 9.59 Å². The van der Waals surface area contributed by atoms with Crippen LogP contribution in [0.1, 0.15) is 34.1 Å². The van der Waals surface area contributed by atoms with E-state index in [1.165, 1.54) is 10.6 Å². The molecule has 0 unspecified atom stereocenters. The second kappa shape index (κ2) is 9.09. The Morgan fingerprint density at radius 1 is 1.03 bits per heavy atom. The monoisotopic (exact) mass is 432 g/mol. The van der Waals surface area contributed by atoms with Crippen LogP contribution in [-0.2, 0) is 11.3 Å². The van der Waals surface area contributed by atoms with Crippen LogP contribution in [0.3, 0.4) is 0 Å². The Hall–Kier alpha value is -3.87. The fraction of sp³-hybridized carbons (Fsp3) is 0.240. The lowest BCUT2D eigenvalue weighted by atomic mass is 10.2. The predicted octanol–water partition coefficient (Wildman–Crippen LogP) is 3.10. The highest BCUT2D eigenvalue weighted by Crippen LogP contribution is 2.25. The molecule has 0 radical (unpaired) electrons. The van der Waals surface area contributed by atoms with Gasteiger partial charge in [0.25, 0.3) is 5.56 Å². The van der Waals surface area contributed by atoms with E-state index in [4.69, 9.17) is 9.47 Å². The summed E-state index contributed by atoms with van der Waals surface area (Å²) in [5.41, 5.74) is 1.11. The van der Waals surface area contributed by atoms with Gasteiger partial charge in [0.2, 0.25) is 0 Å². The van der Waals surface area contributed by atoms with Crippen LogP contribution in [0.2, 0.25) is 0 Å². The van der Waals surface area contributed by atoms with Crippen molar-refractivity contribution in [2.75, 3.05) is 7.11 Å². The van der Waals surface area contributed by atoms with Crippen LogP contribution in [0, 0.1) is 6.92 Å². The van der Waals surface area contributed by atoms with Gasteiger partial charge in [-0.1, -0.05) is 36.4 Å². The van der Waals surface area contributed by atoms with E-state index in [1.54, 1.807) is 61.1 Å². The van der Waals surface area contributed by atoms with Crippen LogP contribution in [0.15, 0.2) is 82.4 Å². The van der Waals surface area contributed by atoms with Gasteiger partial charge in [0.05, 0.1) is 25.3 Å². The summed E-state index contributed by atoms with van der Waals surface area (Å²) >= 11 is 0. The third-order valence-electron chi connectivity index (χ3n) is 5.54. The molecule has 2 aromatic carbocycles. The van der Waals surface area contributed by atoms with E-state index in [9.17, 15) is 14.4 Å². The van der Waals surface area contributed by atoms with Gasteiger partial charge in [-0.3, -0.25) is 13.9 Å². The van der Waals surface area contributed by atoms with Gasteiger partial charge in [0.1, 0.15) is 11.9 Å². The number of allylic oxidation sites excluding steroid dienone is 1. The molecule has 0 saturated heterocycles. The zero-order chi connectivity index (χ0) is 22.7. The molecule has 4 rings (SSSR count). The van der Waals surface area contributed by atoms with Crippen molar-refractivity contribution in [3.63, 3.8) is 0 Å². The second-order valence-electron chi connectivity index (χ2n) is 7.71. The predicted molar refractivity (Wildman–Crippen MR) is 120 cm³/mol. The van der Waals surface area contributed by atoms with Crippen molar-refractivity contribution >= 4 is 5.97 Å². The molecule has 1 aliphatic carbocycles. The molecule has 2 atom stereocenters. The largest absolute Gasteiger partial charge is 0.497 e. The van der Waals surface area contributed by atoms with Crippen molar-refractivity contribution in [3.8, 4) is 5.75 Å². The van der Waals surface area contributed by atoms with Crippen LogP contribution in [0.25, 0.3) is 0 Å². The van der Waals surface area contributed by atoms with E-state index < -0.39 is 17.8 Å². The van der Waals surface area contributed by atoms with Gasteiger partial charge in [-0.05, 0) is 42.8 Å². The van der Waals surface area contributed by atoms with Crippen molar-refractivity contribution in [1.82, 2.24) is 9.13 Å². The summed E-state index contributed by atoms with van der Waals surface area (Å²) < 4.78 is 13.5. The number of methoxy groups -OCH3 is 1. The SMILES string of the molecule is COc1ccc(Cn2c(=O)cc(C)n([C@H]3C=C[C@@H](OC(=O)c4ccccc4)C3)c2=O)cc1. The molecule has 164 valence electrons. The van der Waals surface area contributed by atoms with Gasteiger partial charge in [0, 0.05) is 18.2 Å². The Morgan fingerprint density at radius 2 is 1.75 bits per heavy atom. The number of esters is 1. The molecule has 1 heterocycles. The summed E-state index contributed by atoms with van der Waals surface area (Å²) in [6.07, 6.45) is 3.62. The summed E-state index contributed by atoms with van der Waals surface area (Å²) in [5.74, 6) is 0.295. The smallest absolute Gasteiger partial charge is 0.338 e. The van der Waals surface area contributed by atoms with Crippen LogP contribution in [0.5, 0.6) is 5.75 Å². The lowest BCUT2D eigenvalue weighted by Gasteiger charge is -2.19. The van der Waals surface area contributed by atoms with Crippen molar-refractivity contribution in [2.24, 2.45) is 0 Å². The molecule has 3 aromatic rings. The van der Waals surface area contributed by atoms with E-state index in [0.717, 1.165) is 5.56 Å². The van der Waals surface area contributed by atoms with E-state index in [1.807, 2.05) is 24.3 Å². The van der Waals surface area contributed by atoms with Gasteiger partial charge in [0.15, 0.2) is 0 Å². The molecule has 0 N–H and O–H groups in total. The van der Waals surface area contributed by atoms with E-state index >= 15 is 0 Å². The third-order valence-corrected chi connectivity index (χ3v) is 5.54. The number of ether oxygens (including phenoxy) is 2. The molecule has 0 aliphatic heterocycles. The lowest BCUT2D eigenvalue weighted by molar-refractivity contribution is 0.0382. The van der Waals surface area contributed by atoms with Crippen molar-refractivity contribution < 1.29 is 14.3 Å². The molecular weight excluding hydrogens is 408 g/mol. The zero-order valence-corrected chi connectivity index (χ0v) is 17.9. The van der Waals surface area contributed by atoms with Crippen LogP contribution in [0.4, 0.5) is 0 Å². The number of rotatable bonds is 6. The quantitative estimate of drug-likeness (QED) is 0.442. The maximum absolute atomic E-state index is 13.2. The van der Waals surface area contributed by atoms with E-state index in [0.29, 0.717) is 23.4 Å². The Balaban J connectivity index is 1.54. The average Bonchev–Trinajstić information content (AvgIpc) is 3.25. The molecular formula is C25H24N2O5.